The van der Waals surface area contributed by atoms with Crippen LogP contribution in [-0.4, -0.2) is 36.8 Å². The van der Waals surface area contributed by atoms with Crippen LogP contribution < -0.4 is 10.6 Å². The summed E-state index contributed by atoms with van der Waals surface area (Å²) in [5, 5.41) is 0. The van der Waals surface area contributed by atoms with E-state index in [0.717, 1.165) is 44.8 Å². The molecule has 4 heteroatoms. The molecule has 106 valence electrons. The van der Waals surface area contributed by atoms with Crippen molar-refractivity contribution in [3.05, 3.63) is 23.9 Å². The molecule has 0 aromatic carbocycles. The summed E-state index contributed by atoms with van der Waals surface area (Å²) in [6.07, 6.45) is 4.96. The maximum atomic E-state index is 5.97. The molecule has 1 aromatic heterocycles. The van der Waals surface area contributed by atoms with E-state index in [1.54, 1.807) is 0 Å². The lowest BCUT2D eigenvalue weighted by Crippen LogP contribution is -2.45. The van der Waals surface area contributed by atoms with E-state index in [1.807, 2.05) is 6.20 Å². The Balaban J connectivity index is 2.04. The minimum Gasteiger partial charge on any atom is -0.377 e. The van der Waals surface area contributed by atoms with E-state index < -0.39 is 0 Å². The van der Waals surface area contributed by atoms with Crippen molar-refractivity contribution in [3.63, 3.8) is 0 Å². The number of morpholine rings is 1. The molecule has 0 spiro atoms. The molecule has 2 heterocycles. The van der Waals surface area contributed by atoms with Crippen LogP contribution in [0.2, 0.25) is 0 Å². The Labute approximate surface area is 116 Å². The number of aromatic nitrogens is 1. The number of hydrogen-bond acceptors (Lipinski definition) is 4. The van der Waals surface area contributed by atoms with Gasteiger partial charge in [-0.15, -0.1) is 0 Å². The van der Waals surface area contributed by atoms with E-state index in [4.69, 9.17) is 10.5 Å². The second kappa shape index (κ2) is 6.87. The molecule has 2 unspecified atom stereocenters. The Morgan fingerprint density at radius 3 is 2.95 bits per heavy atom. The first-order valence-electron chi connectivity index (χ1n) is 7.29. The molecule has 19 heavy (non-hydrogen) atoms. The van der Waals surface area contributed by atoms with Gasteiger partial charge in [-0.3, -0.25) is 0 Å². The number of rotatable bonds is 5. The van der Waals surface area contributed by atoms with Gasteiger partial charge in [0.15, 0.2) is 0 Å². The fourth-order valence-corrected chi connectivity index (χ4v) is 2.45. The largest absolute Gasteiger partial charge is 0.377 e. The Morgan fingerprint density at radius 1 is 1.47 bits per heavy atom. The zero-order valence-corrected chi connectivity index (χ0v) is 12.0. The lowest BCUT2D eigenvalue weighted by molar-refractivity contribution is 0.0925. The second-order valence-electron chi connectivity index (χ2n) is 5.23. The Hall–Kier alpha value is -1.13. The summed E-state index contributed by atoms with van der Waals surface area (Å²) >= 11 is 0. The molecule has 1 saturated heterocycles. The van der Waals surface area contributed by atoms with Gasteiger partial charge in [-0.25, -0.2) is 4.98 Å². The SMILES string of the molecule is CCC(N)Cc1ccc(N2CCOCC2CC)nc1. The monoisotopic (exact) mass is 263 g/mol. The summed E-state index contributed by atoms with van der Waals surface area (Å²) in [4.78, 5) is 6.96. The fraction of sp³-hybridized carbons (Fsp3) is 0.667. The van der Waals surface area contributed by atoms with E-state index in [1.165, 1.54) is 5.56 Å². The lowest BCUT2D eigenvalue weighted by Gasteiger charge is -2.36. The number of anilines is 1. The maximum absolute atomic E-state index is 5.97. The highest BCUT2D eigenvalue weighted by Crippen LogP contribution is 2.19. The highest BCUT2D eigenvalue weighted by molar-refractivity contribution is 5.41. The summed E-state index contributed by atoms with van der Waals surface area (Å²) < 4.78 is 5.53. The quantitative estimate of drug-likeness (QED) is 0.882. The van der Waals surface area contributed by atoms with Crippen LogP contribution in [0.15, 0.2) is 18.3 Å². The topological polar surface area (TPSA) is 51.4 Å². The predicted molar refractivity (Wildman–Crippen MR) is 78.5 cm³/mol. The summed E-state index contributed by atoms with van der Waals surface area (Å²) in [6.45, 7) is 6.84. The Bertz CT molecular complexity index is 379. The third kappa shape index (κ3) is 3.67. The lowest BCUT2D eigenvalue weighted by atomic mass is 10.1. The summed E-state index contributed by atoms with van der Waals surface area (Å²) in [7, 11) is 0. The van der Waals surface area contributed by atoms with Gasteiger partial charge in [0.1, 0.15) is 5.82 Å². The van der Waals surface area contributed by atoms with E-state index >= 15 is 0 Å². The summed E-state index contributed by atoms with van der Waals surface area (Å²) in [6, 6.07) is 4.95. The van der Waals surface area contributed by atoms with Gasteiger partial charge in [-0.1, -0.05) is 19.9 Å². The predicted octanol–water partition coefficient (Wildman–Crippen LogP) is 1.98. The molecule has 0 amide bonds. The molecule has 2 N–H and O–H groups in total. The van der Waals surface area contributed by atoms with Gasteiger partial charge < -0.3 is 15.4 Å². The molecule has 1 aliphatic rings. The second-order valence-corrected chi connectivity index (χ2v) is 5.23. The molecule has 1 aliphatic heterocycles. The van der Waals surface area contributed by atoms with Crippen molar-refractivity contribution in [1.82, 2.24) is 4.98 Å². The van der Waals surface area contributed by atoms with Crippen molar-refractivity contribution in [2.45, 2.75) is 45.2 Å². The van der Waals surface area contributed by atoms with Crippen LogP contribution in [0.4, 0.5) is 5.82 Å². The first kappa shape index (κ1) is 14.3. The standard InChI is InChI=1S/C15H25N3O/c1-3-13(16)9-12-5-6-15(17-10-12)18-7-8-19-11-14(18)4-2/h5-6,10,13-14H,3-4,7-9,11,16H2,1-2H3. The van der Waals surface area contributed by atoms with Crippen molar-refractivity contribution in [1.29, 1.82) is 0 Å². The summed E-state index contributed by atoms with van der Waals surface area (Å²) in [5.41, 5.74) is 7.20. The molecular formula is C15H25N3O. The number of ether oxygens (including phenoxy) is 1. The average molecular weight is 263 g/mol. The third-order valence-electron chi connectivity index (χ3n) is 3.82. The first-order chi connectivity index (χ1) is 9.24. The van der Waals surface area contributed by atoms with Gasteiger partial charge in [-0.2, -0.15) is 0 Å². The zero-order chi connectivity index (χ0) is 13.7. The van der Waals surface area contributed by atoms with Gasteiger partial charge in [-0.05, 0) is 30.9 Å². The molecule has 0 radical (unpaired) electrons. The van der Waals surface area contributed by atoms with Crippen molar-refractivity contribution < 1.29 is 4.74 Å². The molecule has 0 saturated carbocycles. The molecule has 0 bridgehead atoms. The van der Waals surface area contributed by atoms with Gasteiger partial charge in [0.2, 0.25) is 0 Å². The van der Waals surface area contributed by atoms with Crippen LogP contribution in [-0.2, 0) is 11.2 Å². The number of pyridine rings is 1. The normalized spacial score (nSPS) is 21.4. The Kier molecular flexibility index (Phi) is 5.16. The third-order valence-corrected chi connectivity index (χ3v) is 3.82. The molecule has 4 nitrogen and oxygen atoms in total. The van der Waals surface area contributed by atoms with Crippen molar-refractivity contribution in [3.8, 4) is 0 Å². The smallest absolute Gasteiger partial charge is 0.128 e. The minimum atomic E-state index is 0.236. The van der Waals surface area contributed by atoms with Crippen LogP contribution in [0.3, 0.4) is 0 Å². The molecule has 1 aromatic rings. The van der Waals surface area contributed by atoms with Crippen LogP contribution in [0, 0.1) is 0 Å². The molecule has 0 aliphatic carbocycles. The van der Waals surface area contributed by atoms with E-state index in [9.17, 15) is 0 Å². The molecular weight excluding hydrogens is 238 g/mol. The highest BCUT2D eigenvalue weighted by Gasteiger charge is 2.22. The van der Waals surface area contributed by atoms with Crippen molar-refractivity contribution in [2.24, 2.45) is 5.73 Å². The molecule has 2 rings (SSSR count). The molecule has 2 atom stereocenters. The zero-order valence-electron chi connectivity index (χ0n) is 12.0. The van der Waals surface area contributed by atoms with Crippen LogP contribution >= 0.6 is 0 Å². The van der Waals surface area contributed by atoms with E-state index in [-0.39, 0.29) is 6.04 Å². The van der Waals surface area contributed by atoms with E-state index in [2.05, 4.69) is 35.9 Å². The summed E-state index contributed by atoms with van der Waals surface area (Å²) in [5.74, 6) is 1.06. The number of hydrogen-bond donors (Lipinski definition) is 1. The first-order valence-corrected chi connectivity index (χ1v) is 7.29. The van der Waals surface area contributed by atoms with E-state index in [0.29, 0.717) is 6.04 Å². The number of nitrogens with two attached hydrogens (primary N) is 1. The van der Waals surface area contributed by atoms with Gasteiger partial charge in [0, 0.05) is 18.8 Å². The van der Waals surface area contributed by atoms with Gasteiger partial charge in [0.25, 0.3) is 0 Å². The Morgan fingerprint density at radius 2 is 2.32 bits per heavy atom. The van der Waals surface area contributed by atoms with Crippen LogP contribution in [0.1, 0.15) is 32.3 Å². The van der Waals surface area contributed by atoms with Crippen LogP contribution in [0.25, 0.3) is 0 Å². The van der Waals surface area contributed by atoms with Crippen LogP contribution in [0.5, 0.6) is 0 Å². The minimum absolute atomic E-state index is 0.236. The molecule has 1 fully saturated rings. The van der Waals surface area contributed by atoms with Crippen molar-refractivity contribution in [2.75, 3.05) is 24.7 Å². The maximum Gasteiger partial charge on any atom is 0.128 e. The van der Waals surface area contributed by atoms with Crippen molar-refractivity contribution >= 4 is 5.82 Å². The fourth-order valence-electron chi connectivity index (χ4n) is 2.45. The highest BCUT2D eigenvalue weighted by atomic mass is 16.5. The van der Waals surface area contributed by atoms with Gasteiger partial charge >= 0.3 is 0 Å². The average Bonchev–Trinajstić information content (AvgIpc) is 2.48. The number of nitrogens with zero attached hydrogens (tertiary/aromatic N) is 2. The van der Waals surface area contributed by atoms with Gasteiger partial charge in [0.05, 0.1) is 19.3 Å².